The van der Waals surface area contributed by atoms with Crippen LogP contribution in [0.15, 0.2) is 32.3 Å². The minimum Gasteiger partial charge on any atom is -0.284 e. The molecule has 26 heavy (non-hydrogen) atoms. The Labute approximate surface area is 154 Å². The summed E-state index contributed by atoms with van der Waals surface area (Å²) >= 11 is 5.84. The van der Waals surface area contributed by atoms with E-state index < -0.39 is 28.6 Å². The van der Waals surface area contributed by atoms with Crippen LogP contribution in [0, 0.1) is 11.7 Å². The molecule has 0 spiro atoms. The van der Waals surface area contributed by atoms with Crippen molar-refractivity contribution < 1.29 is 4.39 Å². The fourth-order valence-electron chi connectivity index (χ4n) is 3.58. The van der Waals surface area contributed by atoms with E-state index in [0.29, 0.717) is 0 Å². The first-order valence-electron chi connectivity index (χ1n) is 8.43. The number of H-pyrrole nitrogens is 1. The summed E-state index contributed by atoms with van der Waals surface area (Å²) in [5.41, 5.74) is -1.02. The second-order valence-corrected chi connectivity index (χ2v) is 7.25. The quantitative estimate of drug-likeness (QED) is 0.832. The molecule has 6 nitrogen and oxygen atoms in total. The molecule has 2 aromatic rings. The van der Waals surface area contributed by atoms with Crippen LogP contribution < -0.4 is 11.2 Å². The first kappa shape index (κ1) is 18.5. The van der Waals surface area contributed by atoms with Crippen LogP contribution in [0.3, 0.4) is 0 Å². The molecule has 0 saturated carbocycles. The number of pyridine rings is 1. The monoisotopic (exact) mass is 378 g/mol. The highest BCUT2D eigenvalue weighted by molar-refractivity contribution is 6.29. The van der Waals surface area contributed by atoms with Crippen molar-refractivity contribution in [1.82, 2.24) is 14.5 Å². The predicted molar refractivity (Wildman–Crippen MR) is 101 cm³/mol. The fraction of sp³-hybridized carbons (Fsp3) is 0.444. The predicted octanol–water partition coefficient (Wildman–Crippen LogP) is 3.25. The summed E-state index contributed by atoms with van der Waals surface area (Å²) in [5.74, 6) is -0.675. The van der Waals surface area contributed by atoms with Gasteiger partial charge in [-0.25, -0.2) is 14.2 Å². The van der Waals surface area contributed by atoms with Crippen LogP contribution in [0.5, 0.6) is 0 Å². The van der Waals surface area contributed by atoms with Gasteiger partial charge in [0.05, 0.1) is 17.0 Å². The number of fused-ring (bicyclic) bond motifs is 1. The van der Waals surface area contributed by atoms with E-state index in [0.717, 1.165) is 18.1 Å². The van der Waals surface area contributed by atoms with Crippen LogP contribution in [0.1, 0.15) is 40.2 Å². The number of aliphatic imine (C=N–C) groups is 1. The molecule has 0 amide bonds. The van der Waals surface area contributed by atoms with Gasteiger partial charge in [-0.05, 0) is 37.5 Å². The molecular formula is C18H20ClFN4O2. The summed E-state index contributed by atoms with van der Waals surface area (Å²) in [6.07, 6.45) is 4.40. The molecule has 138 valence electrons. The van der Waals surface area contributed by atoms with Crippen molar-refractivity contribution >= 4 is 28.8 Å². The molecule has 3 unspecified atom stereocenters. The molecular weight excluding hydrogens is 359 g/mol. The Hall–Kier alpha value is -2.28. The zero-order valence-corrected chi connectivity index (χ0v) is 15.8. The summed E-state index contributed by atoms with van der Waals surface area (Å²) in [4.78, 5) is 35.9. The molecule has 8 heteroatoms. The molecule has 0 radical (unpaired) electrons. The highest BCUT2D eigenvalue weighted by Crippen LogP contribution is 2.41. The van der Waals surface area contributed by atoms with Crippen LogP contribution in [0.4, 0.5) is 4.39 Å². The molecule has 0 bridgehead atoms. The lowest BCUT2D eigenvalue weighted by atomic mass is 9.75. The second-order valence-electron chi connectivity index (χ2n) is 6.89. The van der Waals surface area contributed by atoms with Crippen LogP contribution in [-0.2, 0) is 0 Å². The Bertz CT molecular complexity index is 1060. The number of rotatable bonds is 3. The molecule has 1 aliphatic heterocycles. The zero-order chi connectivity index (χ0) is 19.2. The molecule has 3 rings (SSSR count). The lowest BCUT2D eigenvalue weighted by Gasteiger charge is -2.42. The van der Waals surface area contributed by atoms with Crippen molar-refractivity contribution in [2.24, 2.45) is 10.9 Å². The maximum absolute atomic E-state index is 13.8. The molecule has 0 fully saturated rings. The zero-order valence-electron chi connectivity index (χ0n) is 15.0. The van der Waals surface area contributed by atoms with Gasteiger partial charge in [0.15, 0.2) is 16.6 Å². The third kappa shape index (κ3) is 2.70. The van der Waals surface area contributed by atoms with Gasteiger partial charge in [-0.1, -0.05) is 31.9 Å². The topological polar surface area (TPSA) is 80.1 Å². The summed E-state index contributed by atoms with van der Waals surface area (Å²) in [5, 5.41) is -0.414. The Balaban J connectivity index is 2.42. The van der Waals surface area contributed by atoms with Crippen molar-refractivity contribution in [2.75, 3.05) is 0 Å². The van der Waals surface area contributed by atoms with Gasteiger partial charge in [0.2, 0.25) is 0 Å². The minimum absolute atomic E-state index is 0.0274. The Morgan fingerprint density at radius 2 is 2.15 bits per heavy atom. The van der Waals surface area contributed by atoms with Crippen LogP contribution in [0.25, 0.3) is 11.0 Å². The number of dihydropyridines is 1. The molecule has 1 aliphatic rings. The molecule has 3 heterocycles. The normalized spacial score (nSPS) is 23.9. The largest absolute Gasteiger partial charge is 0.330 e. The molecule has 0 aliphatic carbocycles. The third-order valence-corrected chi connectivity index (χ3v) is 5.63. The average molecular weight is 379 g/mol. The number of aromatic nitrogens is 3. The summed E-state index contributed by atoms with van der Waals surface area (Å²) < 4.78 is 15.2. The number of halogens is 2. The van der Waals surface area contributed by atoms with Gasteiger partial charge in [-0.3, -0.25) is 19.3 Å². The molecule has 0 aromatic carbocycles. The number of aromatic amines is 1. The summed E-state index contributed by atoms with van der Waals surface area (Å²) in [6.45, 7) is 7.97. The third-order valence-electron chi connectivity index (χ3n) is 5.37. The van der Waals surface area contributed by atoms with Gasteiger partial charge in [0, 0.05) is 6.21 Å². The van der Waals surface area contributed by atoms with E-state index in [2.05, 4.69) is 21.9 Å². The van der Waals surface area contributed by atoms with E-state index in [1.165, 1.54) is 4.57 Å². The lowest BCUT2D eigenvalue weighted by Crippen LogP contribution is -2.47. The maximum Gasteiger partial charge on any atom is 0.330 e. The van der Waals surface area contributed by atoms with E-state index in [9.17, 15) is 14.0 Å². The summed E-state index contributed by atoms with van der Waals surface area (Å²) in [6, 6.07) is 0.522. The fourth-order valence-corrected chi connectivity index (χ4v) is 3.72. The first-order valence-corrected chi connectivity index (χ1v) is 8.81. The molecule has 0 saturated heterocycles. The van der Waals surface area contributed by atoms with Crippen LogP contribution >= 0.6 is 11.6 Å². The summed E-state index contributed by atoms with van der Waals surface area (Å²) in [7, 11) is 0. The van der Waals surface area contributed by atoms with Crippen LogP contribution in [-0.4, -0.2) is 26.3 Å². The number of nitrogens with zero attached hydrogens (tertiary/aromatic N) is 3. The van der Waals surface area contributed by atoms with Crippen molar-refractivity contribution in [3.63, 3.8) is 0 Å². The highest BCUT2D eigenvalue weighted by Gasteiger charge is 2.43. The molecule has 1 N–H and O–H groups in total. The van der Waals surface area contributed by atoms with Gasteiger partial charge in [0.25, 0.3) is 5.56 Å². The maximum atomic E-state index is 13.8. The van der Waals surface area contributed by atoms with Gasteiger partial charge in [0.1, 0.15) is 0 Å². The van der Waals surface area contributed by atoms with Crippen molar-refractivity contribution in [2.45, 2.75) is 45.7 Å². The van der Waals surface area contributed by atoms with E-state index in [1.807, 2.05) is 26.8 Å². The second kappa shape index (κ2) is 6.46. The molecule has 3 atom stereocenters. The van der Waals surface area contributed by atoms with Gasteiger partial charge < -0.3 is 0 Å². The standard InChI is InChI=1S/C18H20ClFN4O2/c1-5-10(3)18(4)13(9(2)6-7-21-18)24-15-11(16(25)23-17(24)26)8-12(20)14(19)22-15/h6-8,10,13H,5H2,1-4H3,(H,23,25,26). The Kier molecular flexibility index (Phi) is 4.60. The number of allylic oxidation sites excluding steroid dienone is 1. The van der Waals surface area contributed by atoms with Crippen molar-refractivity contribution in [1.29, 1.82) is 0 Å². The van der Waals surface area contributed by atoms with E-state index >= 15 is 0 Å². The van der Waals surface area contributed by atoms with E-state index in [-0.39, 0.29) is 22.1 Å². The first-order chi connectivity index (χ1) is 12.2. The number of hydrogen-bond donors (Lipinski definition) is 1. The number of hydrogen-bond acceptors (Lipinski definition) is 4. The number of nitrogens with one attached hydrogen (secondary N) is 1. The van der Waals surface area contributed by atoms with Gasteiger partial charge >= 0.3 is 5.69 Å². The van der Waals surface area contributed by atoms with Gasteiger partial charge in [-0.15, -0.1) is 0 Å². The highest BCUT2D eigenvalue weighted by atomic mass is 35.5. The Morgan fingerprint density at radius 1 is 1.46 bits per heavy atom. The Morgan fingerprint density at radius 3 is 2.81 bits per heavy atom. The van der Waals surface area contributed by atoms with Crippen molar-refractivity contribution in [3.05, 3.63) is 49.5 Å². The SMILES string of the molecule is CCC(C)C1(C)N=CC=C(C)C1n1c(=O)[nH]c(=O)c2cc(F)c(Cl)nc21. The van der Waals surface area contributed by atoms with Crippen molar-refractivity contribution in [3.8, 4) is 0 Å². The van der Waals surface area contributed by atoms with E-state index in [1.54, 1.807) is 6.21 Å². The van der Waals surface area contributed by atoms with Gasteiger partial charge in [-0.2, -0.15) is 0 Å². The minimum atomic E-state index is -0.812. The lowest BCUT2D eigenvalue weighted by molar-refractivity contribution is 0.228. The van der Waals surface area contributed by atoms with E-state index in [4.69, 9.17) is 11.6 Å². The molecule has 2 aromatic heterocycles. The van der Waals surface area contributed by atoms with Crippen LogP contribution in [0.2, 0.25) is 5.15 Å². The average Bonchev–Trinajstić information content (AvgIpc) is 2.58. The smallest absolute Gasteiger partial charge is 0.284 e.